The summed E-state index contributed by atoms with van der Waals surface area (Å²) in [6.07, 6.45) is 0. The smallest absolute Gasteiger partial charge is 0.338 e. The maximum absolute atomic E-state index is 13.1. The first-order valence-corrected chi connectivity index (χ1v) is 6.93. The second-order valence-electron chi connectivity index (χ2n) is 4.38. The summed E-state index contributed by atoms with van der Waals surface area (Å²) in [6, 6.07) is 8.86. The van der Waals surface area contributed by atoms with Crippen LogP contribution in [0.1, 0.15) is 15.9 Å². The van der Waals surface area contributed by atoms with Gasteiger partial charge in [0, 0.05) is 10.0 Å². The SMILES string of the molecule is O=C(OCc1cc2c(cc1Br)OCO2)c1cccc(F)c1. The van der Waals surface area contributed by atoms with Crippen LogP contribution < -0.4 is 9.47 Å². The lowest BCUT2D eigenvalue weighted by Gasteiger charge is -2.08. The molecule has 21 heavy (non-hydrogen) atoms. The molecule has 2 aromatic carbocycles. The highest BCUT2D eigenvalue weighted by Gasteiger charge is 2.17. The average Bonchev–Trinajstić information content (AvgIpc) is 2.91. The monoisotopic (exact) mass is 352 g/mol. The molecule has 1 aliphatic rings. The summed E-state index contributed by atoms with van der Waals surface area (Å²) in [4.78, 5) is 11.9. The minimum Gasteiger partial charge on any atom is -0.457 e. The molecule has 3 rings (SSSR count). The molecule has 6 heteroatoms. The van der Waals surface area contributed by atoms with Gasteiger partial charge in [0.25, 0.3) is 0 Å². The largest absolute Gasteiger partial charge is 0.457 e. The minimum atomic E-state index is -0.584. The average molecular weight is 353 g/mol. The molecule has 0 radical (unpaired) electrons. The minimum absolute atomic E-state index is 0.0482. The second kappa shape index (κ2) is 5.73. The zero-order valence-electron chi connectivity index (χ0n) is 10.8. The van der Waals surface area contributed by atoms with Gasteiger partial charge < -0.3 is 14.2 Å². The van der Waals surface area contributed by atoms with Crippen molar-refractivity contribution in [1.82, 2.24) is 0 Å². The molecule has 2 aromatic rings. The van der Waals surface area contributed by atoms with Crippen molar-refractivity contribution in [2.45, 2.75) is 6.61 Å². The Labute approximate surface area is 128 Å². The number of carbonyl (C=O) groups excluding carboxylic acids is 1. The quantitative estimate of drug-likeness (QED) is 0.790. The Morgan fingerprint density at radius 1 is 1.24 bits per heavy atom. The molecule has 0 saturated carbocycles. The number of carbonyl (C=O) groups is 1. The molecule has 0 spiro atoms. The molecule has 0 unspecified atom stereocenters. The predicted octanol–water partition coefficient (Wildman–Crippen LogP) is 3.67. The highest BCUT2D eigenvalue weighted by Crippen LogP contribution is 2.37. The summed E-state index contributed by atoms with van der Waals surface area (Å²) in [5.74, 6) is 0.185. The van der Waals surface area contributed by atoms with Crippen molar-refractivity contribution in [1.29, 1.82) is 0 Å². The van der Waals surface area contributed by atoms with Gasteiger partial charge in [-0.3, -0.25) is 0 Å². The number of hydrogen-bond donors (Lipinski definition) is 0. The Bertz CT molecular complexity index is 702. The van der Waals surface area contributed by atoms with Gasteiger partial charge in [-0.1, -0.05) is 22.0 Å². The summed E-state index contributed by atoms with van der Waals surface area (Å²) < 4.78 is 29.5. The van der Waals surface area contributed by atoms with Crippen LogP contribution in [0, 0.1) is 5.82 Å². The molecule has 0 aliphatic carbocycles. The lowest BCUT2D eigenvalue weighted by molar-refractivity contribution is 0.0471. The van der Waals surface area contributed by atoms with Crippen molar-refractivity contribution in [3.63, 3.8) is 0 Å². The Morgan fingerprint density at radius 3 is 2.76 bits per heavy atom. The van der Waals surface area contributed by atoms with Crippen molar-refractivity contribution < 1.29 is 23.4 Å². The van der Waals surface area contributed by atoms with Crippen molar-refractivity contribution in [3.05, 3.63) is 57.8 Å². The number of hydrogen-bond acceptors (Lipinski definition) is 4. The Kier molecular flexibility index (Phi) is 3.79. The van der Waals surface area contributed by atoms with Gasteiger partial charge in [-0.25, -0.2) is 9.18 Å². The van der Waals surface area contributed by atoms with E-state index in [0.29, 0.717) is 11.5 Å². The maximum Gasteiger partial charge on any atom is 0.338 e. The fourth-order valence-electron chi connectivity index (χ4n) is 1.91. The molecule has 0 N–H and O–H groups in total. The number of esters is 1. The number of rotatable bonds is 3. The predicted molar refractivity (Wildman–Crippen MR) is 75.8 cm³/mol. The molecule has 1 aliphatic heterocycles. The molecule has 0 aromatic heterocycles. The lowest BCUT2D eigenvalue weighted by Crippen LogP contribution is -2.06. The summed E-state index contributed by atoms with van der Waals surface area (Å²) >= 11 is 3.38. The molecular formula is C15H10BrFO4. The van der Waals surface area contributed by atoms with Gasteiger partial charge in [-0.2, -0.15) is 0 Å². The van der Waals surface area contributed by atoms with Crippen molar-refractivity contribution >= 4 is 21.9 Å². The van der Waals surface area contributed by atoms with E-state index in [-0.39, 0.29) is 19.0 Å². The number of fused-ring (bicyclic) bond motifs is 1. The standard InChI is InChI=1S/C15H10BrFO4/c16-12-6-14-13(20-8-21-14)5-10(12)7-19-15(18)9-2-1-3-11(17)4-9/h1-6H,7-8H2. The zero-order chi connectivity index (χ0) is 14.8. The first kappa shape index (κ1) is 13.9. The third-order valence-corrected chi connectivity index (χ3v) is 3.70. The van der Waals surface area contributed by atoms with Gasteiger partial charge in [-0.05, 0) is 30.3 Å². The number of benzene rings is 2. The van der Waals surface area contributed by atoms with Crippen LogP contribution in [0.5, 0.6) is 11.5 Å². The molecule has 0 bridgehead atoms. The number of halogens is 2. The Balaban J connectivity index is 1.72. The van der Waals surface area contributed by atoms with Crippen LogP contribution >= 0.6 is 15.9 Å². The van der Waals surface area contributed by atoms with Crippen LogP contribution in [0.3, 0.4) is 0 Å². The molecule has 4 nitrogen and oxygen atoms in total. The van der Waals surface area contributed by atoms with Crippen molar-refractivity contribution in [2.75, 3.05) is 6.79 Å². The van der Waals surface area contributed by atoms with Crippen LogP contribution in [-0.2, 0) is 11.3 Å². The van der Waals surface area contributed by atoms with Crippen LogP contribution in [-0.4, -0.2) is 12.8 Å². The molecule has 0 saturated heterocycles. The van der Waals surface area contributed by atoms with Gasteiger partial charge in [0.2, 0.25) is 6.79 Å². The van der Waals surface area contributed by atoms with Crippen LogP contribution in [0.2, 0.25) is 0 Å². The highest BCUT2D eigenvalue weighted by atomic mass is 79.9. The maximum atomic E-state index is 13.1. The first-order chi connectivity index (χ1) is 10.1. The summed E-state index contributed by atoms with van der Waals surface area (Å²) in [6.45, 7) is 0.223. The van der Waals surface area contributed by atoms with Gasteiger partial charge >= 0.3 is 5.97 Å². The molecule has 0 fully saturated rings. The van der Waals surface area contributed by atoms with Gasteiger partial charge in [0.05, 0.1) is 5.56 Å². The zero-order valence-corrected chi connectivity index (χ0v) is 12.4. The highest BCUT2D eigenvalue weighted by molar-refractivity contribution is 9.10. The third-order valence-electron chi connectivity index (χ3n) is 2.96. The van der Waals surface area contributed by atoms with E-state index in [0.717, 1.165) is 16.1 Å². The van der Waals surface area contributed by atoms with E-state index >= 15 is 0 Å². The van der Waals surface area contributed by atoms with E-state index in [2.05, 4.69) is 15.9 Å². The molecular weight excluding hydrogens is 343 g/mol. The fourth-order valence-corrected chi connectivity index (χ4v) is 2.35. The van der Waals surface area contributed by atoms with E-state index in [1.807, 2.05) is 0 Å². The third kappa shape index (κ3) is 3.00. The van der Waals surface area contributed by atoms with Crippen LogP contribution in [0.25, 0.3) is 0 Å². The topological polar surface area (TPSA) is 44.8 Å². The summed E-state index contributed by atoms with van der Waals surface area (Å²) in [7, 11) is 0. The van der Waals surface area contributed by atoms with Crippen LogP contribution in [0.4, 0.5) is 4.39 Å². The Hall–Kier alpha value is -2.08. The molecule has 108 valence electrons. The van der Waals surface area contributed by atoms with Gasteiger partial charge in [0.1, 0.15) is 12.4 Å². The first-order valence-electron chi connectivity index (χ1n) is 6.14. The van der Waals surface area contributed by atoms with Crippen LogP contribution in [0.15, 0.2) is 40.9 Å². The lowest BCUT2D eigenvalue weighted by atomic mass is 10.2. The van der Waals surface area contributed by atoms with Gasteiger partial charge in [0.15, 0.2) is 11.5 Å². The summed E-state index contributed by atoms with van der Waals surface area (Å²) in [5, 5.41) is 0. The molecule has 1 heterocycles. The van der Waals surface area contributed by atoms with E-state index in [4.69, 9.17) is 14.2 Å². The fraction of sp³-hybridized carbons (Fsp3) is 0.133. The molecule has 0 atom stereocenters. The Morgan fingerprint density at radius 2 is 2.00 bits per heavy atom. The van der Waals surface area contributed by atoms with E-state index < -0.39 is 11.8 Å². The molecule has 0 amide bonds. The number of ether oxygens (including phenoxy) is 3. The van der Waals surface area contributed by atoms with E-state index in [1.54, 1.807) is 12.1 Å². The van der Waals surface area contributed by atoms with Crippen molar-refractivity contribution in [3.8, 4) is 11.5 Å². The summed E-state index contributed by atoms with van der Waals surface area (Å²) in [5.41, 5.74) is 0.913. The van der Waals surface area contributed by atoms with Gasteiger partial charge in [-0.15, -0.1) is 0 Å². The second-order valence-corrected chi connectivity index (χ2v) is 5.24. The van der Waals surface area contributed by atoms with E-state index in [1.165, 1.54) is 18.2 Å². The van der Waals surface area contributed by atoms with Crippen molar-refractivity contribution in [2.24, 2.45) is 0 Å². The van der Waals surface area contributed by atoms with E-state index in [9.17, 15) is 9.18 Å². The normalized spacial score (nSPS) is 12.3.